The molecular weight excluding hydrogens is 294 g/mol. The first kappa shape index (κ1) is 17.8. The van der Waals surface area contributed by atoms with E-state index >= 15 is 0 Å². The summed E-state index contributed by atoms with van der Waals surface area (Å²) in [4.78, 5) is 23.6. The van der Waals surface area contributed by atoms with Crippen molar-refractivity contribution in [3.63, 3.8) is 0 Å². The molecule has 5 heteroatoms. The van der Waals surface area contributed by atoms with Crippen molar-refractivity contribution in [1.82, 2.24) is 5.32 Å². The van der Waals surface area contributed by atoms with Crippen LogP contribution in [0.15, 0.2) is 12.7 Å². The third-order valence-corrected chi connectivity index (χ3v) is 5.41. The Morgan fingerprint density at radius 3 is 2.43 bits per heavy atom. The van der Waals surface area contributed by atoms with Gasteiger partial charge >= 0.3 is 12.1 Å². The van der Waals surface area contributed by atoms with Gasteiger partial charge in [-0.25, -0.2) is 9.59 Å². The molecule has 1 amide bonds. The molecule has 2 saturated carbocycles. The van der Waals surface area contributed by atoms with Gasteiger partial charge in [0.25, 0.3) is 0 Å². The van der Waals surface area contributed by atoms with E-state index in [0.717, 1.165) is 64.2 Å². The average molecular weight is 323 g/mol. The number of carboxylic acid groups (broad SMARTS) is 1. The fourth-order valence-electron chi connectivity index (χ4n) is 4.07. The van der Waals surface area contributed by atoms with Crippen LogP contribution >= 0.6 is 0 Å². The van der Waals surface area contributed by atoms with Crippen molar-refractivity contribution >= 4 is 12.1 Å². The number of hydrogen-bond donors (Lipinski definition) is 2. The molecule has 0 bridgehead atoms. The van der Waals surface area contributed by atoms with Gasteiger partial charge < -0.3 is 15.2 Å². The summed E-state index contributed by atoms with van der Waals surface area (Å²) in [6.45, 7) is 4.14. The molecule has 2 N–H and O–H groups in total. The number of carbonyl (C=O) groups is 2. The summed E-state index contributed by atoms with van der Waals surface area (Å²) >= 11 is 0. The maximum Gasteiger partial charge on any atom is 0.407 e. The topological polar surface area (TPSA) is 75.6 Å². The van der Waals surface area contributed by atoms with Gasteiger partial charge in [0.15, 0.2) is 0 Å². The number of hydrogen-bond acceptors (Lipinski definition) is 3. The van der Waals surface area contributed by atoms with Crippen LogP contribution in [0.5, 0.6) is 0 Å². The molecular formula is C18H29NO4. The van der Waals surface area contributed by atoms with Gasteiger partial charge in [-0.3, -0.25) is 0 Å². The van der Waals surface area contributed by atoms with Crippen LogP contribution in [0.2, 0.25) is 0 Å². The molecule has 2 aliphatic rings. The monoisotopic (exact) mass is 323 g/mol. The van der Waals surface area contributed by atoms with Gasteiger partial charge in [0.05, 0.1) is 6.61 Å². The van der Waals surface area contributed by atoms with Crippen LogP contribution in [0.3, 0.4) is 0 Å². The molecule has 1 atom stereocenters. The summed E-state index contributed by atoms with van der Waals surface area (Å²) in [6, 6.07) is -0.832. The van der Waals surface area contributed by atoms with E-state index in [0.29, 0.717) is 6.61 Å². The van der Waals surface area contributed by atoms with Crippen molar-refractivity contribution in [1.29, 1.82) is 0 Å². The van der Waals surface area contributed by atoms with Crippen molar-refractivity contribution in [2.24, 2.45) is 11.3 Å². The zero-order chi connectivity index (χ0) is 16.7. The Morgan fingerprint density at radius 1 is 1.22 bits per heavy atom. The standard InChI is InChI=1S/C18H29NO4/c1-2-10-18(11-6-7-12-18)13-23-17(22)19-15(16(20)21)14-8-4-3-5-9-14/h2,14-15H,1,3-13H2,(H,19,22)(H,20,21)/t15-/m0/s1. The summed E-state index contributed by atoms with van der Waals surface area (Å²) in [5, 5.41) is 12.0. The molecule has 0 aromatic rings. The highest BCUT2D eigenvalue weighted by atomic mass is 16.5. The predicted molar refractivity (Wildman–Crippen MR) is 88.2 cm³/mol. The normalized spacial score (nSPS) is 22.3. The van der Waals surface area contributed by atoms with Gasteiger partial charge in [-0.15, -0.1) is 6.58 Å². The van der Waals surface area contributed by atoms with E-state index in [1.54, 1.807) is 0 Å². The van der Waals surface area contributed by atoms with E-state index in [4.69, 9.17) is 4.74 Å². The van der Waals surface area contributed by atoms with Gasteiger partial charge in [-0.05, 0) is 38.0 Å². The largest absolute Gasteiger partial charge is 0.480 e. The number of carbonyl (C=O) groups excluding carboxylic acids is 1. The Balaban J connectivity index is 1.86. The van der Waals surface area contributed by atoms with Crippen LogP contribution < -0.4 is 5.32 Å². The van der Waals surface area contributed by atoms with Gasteiger partial charge in [0.1, 0.15) is 6.04 Å². The van der Waals surface area contributed by atoms with Crippen LogP contribution in [-0.4, -0.2) is 29.8 Å². The van der Waals surface area contributed by atoms with Gasteiger partial charge in [-0.1, -0.05) is 38.2 Å². The number of ether oxygens (including phenoxy) is 1. The summed E-state index contributed by atoms with van der Waals surface area (Å²) in [5.41, 5.74) is 0.00263. The molecule has 130 valence electrons. The van der Waals surface area contributed by atoms with Gasteiger partial charge in [0.2, 0.25) is 0 Å². The zero-order valence-corrected chi connectivity index (χ0v) is 13.9. The van der Waals surface area contributed by atoms with Crippen molar-refractivity contribution in [3.05, 3.63) is 12.7 Å². The number of alkyl carbamates (subject to hydrolysis) is 1. The second-order valence-electron chi connectivity index (χ2n) is 7.13. The first-order valence-corrected chi connectivity index (χ1v) is 8.83. The lowest BCUT2D eigenvalue weighted by Gasteiger charge is -2.29. The number of aliphatic carboxylic acids is 1. The summed E-state index contributed by atoms with van der Waals surface area (Å²) in [5.74, 6) is -0.946. The minimum Gasteiger partial charge on any atom is -0.480 e. The van der Waals surface area contributed by atoms with Crippen LogP contribution in [-0.2, 0) is 9.53 Å². The maximum absolute atomic E-state index is 12.1. The molecule has 2 fully saturated rings. The van der Waals surface area contributed by atoms with Crippen LogP contribution in [0.1, 0.15) is 64.2 Å². The highest BCUT2D eigenvalue weighted by Crippen LogP contribution is 2.41. The Hall–Kier alpha value is -1.52. The first-order chi connectivity index (χ1) is 11.1. The van der Waals surface area contributed by atoms with E-state index in [1.165, 1.54) is 0 Å². The van der Waals surface area contributed by atoms with Crippen LogP contribution in [0, 0.1) is 11.3 Å². The molecule has 0 saturated heterocycles. The molecule has 0 aliphatic heterocycles. The molecule has 0 heterocycles. The lowest BCUT2D eigenvalue weighted by atomic mass is 9.83. The summed E-state index contributed by atoms with van der Waals surface area (Å²) in [7, 11) is 0. The number of allylic oxidation sites excluding steroid dienone is 1. The van der Waals surface area contributed by atoms with Crippen molar-refractivity contribution in [2.75, 3.05) is 6.61 Å². The Labute approximate surface area is 138 Å². The number of carboxylic acids is 1. The maximum atomic E-state index is 12.1. The lowest BCUT2D eigenvalue weighted by molar-refractivity contribution is -0.141. The Morgan fingerprint density at radius 2 is 1.87 bits per heavy atom. The minimum absolute atomic E-state index is 0.00263. The summed E-state index contributed by atoms with van der Waals surface area (Å²) < 4.78 is 5.39. The highest BCUT2D eigenvalue weighted by molar-refractivity contribution is 5.80. The Kier molecular flexibility index (Phi) is 6.48. The minimum atomic E-state index is -0.962. The second kappa shape index (κ2) is 8.37. The van der Waals surface area contributed by atoms with Crippen molar-refractivity contribution < 1.29 is 19.4 Å². The van der Waals surface area contributed by atoms with E-state index in [1.807, 2.05) is 6.08 Å². The van der Waals surface area contributed by atoms with Gasteiger partial charge in [-0.2, -0.15) is 0 Å². The smallest absolute Gasteiger partial charge is 0.407 e. The molecule has 23 heavy (non-hydrogen) atoms. The molecule has 0 aromatic carbocycles. The number of nitrogens with one attached hydrogen (secondary N) is 1. The Bertz CT molecular complexity index is 423. The SMILES string of the molecule is C=CCC1(COC(=O)N[C@H](C(=O)O)C2CCCCC2)CCCC1. The third kappa shape index (κ3) is 4.98. The number of amides is 1. The van der Waals surface area contributed by atoms with E-state index in [2.05, 4.69) is 11.9 Å². The van der Waals surface area contributed by atoms with Crippen molar-refractivity contribution in [2.45, 2.75) is 70.3 Å². The molecule has 0 aromatic heterocycles. The zero-order valence-electron chi connectivity index (χ0n) is 13.9. The van der Waals surface area contributed by atoms with Crippen LogP contribution in [0.4, 0.5) is 4.79 Å². The molecule has 2 rings (SSSR count). The van der Waals surface area contributed by atoms with E-state index in [9.17, 15) is 14.7 Å². The molecule has 0 radical (unpaired) electrons. The van der Waals surface area contributed by atoms with E-state index < -0.39 is 18.1 Å². The second-order valence-corrected chi connectivity index (χ2v) is 7.13. The quantitative estimate of drug-likeness (QED) is 0.697. The molecule has 5 nitrogen and oxygen atoms in total. The number of rotatable bonds is 7. The lowest BCUT2D eigenvalue weighted by Crippen LogP contribution is -2.47. The molecule has 0 unspecified atom stereocenters. The van der Waals surface area contributed by atoms with E-state index in [-0.39, 0.29) is 11.3 Å². The summed E-state index contributed by atoms with van der Waals surface area (Å²) in [6.07, 6.45) is 11.4. The average Bonchev–Trinajstić information content (AvgIpc) is 3.00. The predicted octanol–water partition coefficient (Wildman–Crippen LogP) is 3.88. The first-order valence-electron chi connectivity index (χ1n) is 8.83. The van der Waals surface area contributed by atoms with Gasteiger partial charge in [0, 0.05) is 5.41 Å². The van der Waals surface area contributed by atoms with Crippen molar-refractivity contribution in [3.8, 4) is 0 Å². The molecule has 0 spiro atoms. The fraction of sp³-hybridized carbons (Fsp3) is 0.778. The highest BCUT2D eigenvalue weighted by Gasteiger charge is 2.35. The fourth-order valence-corrected chi connectivity index (χ4v) is 4.07. The molecule has 2 aliphatic carbocycles. The third-order valence-electron chi connectivity index (χ3n) is 5.41. The van der Waals surface area contributed by atoms with Crippen LogP contribution in [0.25, 0.3) is 0 Å².